The Morgan fingerprint density at radius 1 is 1.23 bits per heavy atom. The van der Waals surface area contributed by atoms with Crippen LogP contribution in [0.3, 0.4) is 0 Å². The fraction of sp³-hybridized carbons (Fsp3) is 0.190. The molecule has 3 rings (SSSR count). The maximum absolute atomic E-state index is 12.7. The smallest absolute Gasteiger partial charge is 0.339 e. The zero-order valence-electron chi connectivity index (χ0n) is 16.0. The van der Waals surface area contributed by atoms with Gasteiger partial charge in [-0.25, -0.2) is 4.79 Å². The molecule has 7 nitrogen and oxygen atoms in total. The van der Waals surface area contributed by atoms with Crippen LogP contribution in [0.15, 0.2) is 47.4 Å². The second-order valence-electron chi connectivity index (χ2n) is 6.70. The highest BCUT2D eigenvalue weighted by Crippen LogP contribution is 2.38. The summed E-state index contributed by atoms with van der Waals surface area (Å²) in [5, 5.41) is 21.2. The van der Waals surface area contributed by atoms with Gasteiger partial charge in [0.05, 0.1) is 4.91 Å². The first-order valence-electron chi connectivity index (χ1n) is 9.05. The summed E-state index contributed by atoms with van der Waals surface area (Å²) in [5.74, 6) is -2.25. The van der Waals surface area contributed by atoms with E-state index in [0.717, 1.165) is 11.1 Å². The Morgan fingerprint density at radius 3 is 2.57 bits per heavy atom. The number of amides is 2. The molecule has 1 heterocycles. The molecule has 9 heteroatoms. The summed E-state index contributed by atoms with van der Waals surface area (Å²) < 4.78 is -0.388. The van der Waals surface area contributed by atoms with Crippen molar-refractivity contribution in [1.29, 1.82) is 0 Å². The number of phenols is 1. The summed E-state index contributed by atoms with van der Waals surface area (Å²) in [6, 6.07) is 11.6. The van der Waals surface area contributed by atoms with E-state index in [-0.39, 0.29) is 40.7 Å². The molecule has 1 aliphatic rings. The second kappa shape index (κ2) is 9.27. The minimum absolute atomic E-state index is 0.0304. The zero-order chi connectivity index (χ0) is 21.8. The number of carbonyl (C=O) groups is 3. The number of aromatic carboxylic acids is 1. The number of aryl methyl sites for hydroxylation is 1. The largest absolute Gasteiger partial charge is 0.507 e. The summed E-state index contributed by atoms with van der Waals surface area (Å²) in [4.78, 5) is 37.9. The lowest BCUT2D eigenvalue weighted by molar-refractivity contribution is -0.125. The van der Waals surface area contributed by atoms with Crippen LogP contribution >= 0.6 is 24.4 Å². The van der Waals surface area contributed by atoms with E-state index in [0.29, 0.717) is 4.91 Å². The predicted molar refractivity (Wildman–Crippen MR) is 120 cm³/mol. The van der Waals surface area contributed by atoms with E-state index in [1.165, 1.54) is 34.9 Å². The molecule has 0 aromatic heterocycles. The number of hydrogen-bond donors (Lipinski definition) is 4. The highest BCUT2D eigenvalue weighted by molar-refractivity contribution is 8.14. The summed E-state index contributed by atoms with van der Waals surface area (Å²) in [5.41, 5.74) is 2.07. The first-order chi connectivity index (χ1) is 14.2. The lowest BCUT2D eigenvalue weighted by Gasteiger charge is -2.18. The average molecular weight is 445 g/mol. The molecule has 0 spiro atoms. The van der Waals surface area contributed by atoms with Crippen molar-refractivity contribution < 1.29 is 24.6 Å². The van der Waals surface area contributed by atoms with Gasteiger partial charge in [-0.2, -0.15) is 0 Å². The van der Waals surface area contributed by atoms with Crippen LogP contribution in [0, 0.1) is 6.92 Å². The van der Waals surface area contributed by atoms with Crippen LogP contribution in [0.25, 0.3) is 6.08 Å². The van der Waals surface area contributed by atoms with Gasteiger partial charge >= 0.3 is 5.97 Å². The molecular formula is C21H20N2O5S2. The van der Waals surface area contributed by atoms with Crippen molar-refractivity contribution in [3.05, 3.63) is 64.1 Å². The zero-order valence-corrected chi connectivity index (χ0v) is 17.7. The van der Waals surface area contributed by atoms with Crippen LogP contribution in [0.5, 0.6) is 5.75 Å². The molecule has 2 amide bonds. The van der Waals surface area contributed by atoms with Crippen LogP contribution in [-0.2, 0) is 9.59 Å². The molecule has 0 bridgehead atoms. The van der Waals surface area contributed by atoms with E-state index in [4.69, 9.17) is 5.11 Å². The van der Waals surface area contributed by atoms with Crippen LogP contribution in [0.1, 0.15) is 27.9 Å². The van der Waals surface area contributed by atoms with Gasteiger partial charge in [0.2, 0.25) is 5.91 Å². The van der Waals surface area contributed by atoms with Gasteiger partial charge in [0.15, 0.2) is 0 Å². The fourth-order valence-electron chi connectivity index (χ4n) is 2.83. The summed E-state index contributed by atoms with van der Waals surface area (Å²) in [6.07, 6.45) is 1.84. The number of benzene rings is 2. The standard InChI is InChI=1S/C21H20N2O5S2/c1-12-2-4-13(5-3-12)10-17-19(26)23(21(29)30-17)9-8-18(25)22-14-6-7-15(20(27)28)16(24)11-14/h2-7,10-11,21,24,29H,8-9H2,1H3,(H,22,25)(H,27,28)/b17-10-. The Balaban J connectivity index is 1.59. The Kier molecular flexibility index (Phi) is 6.73. The molecule has 1 atom stereocenters. The summed E-state index contributed by atoms with van der Waals surface area (Å²) in [7, 11) is 0. The number of hydrogen-bond acceptors (Lipinski definition) is 6. The van der Waals surface area contributed by atoms with Crippen LogP contribution in [-0.4, -0.2) is 44.1 Å². The van der Waals surface area contributed by atoms with E-state index in [1.54, 1.807) is 0 Å². The van der Waals surface area contributed by atoms with Crippen molar-refractivity contribution >= 4 is 53.9 Å². The van der Waals surface area contributed by atoms with Gasteiger partial charge in [-0.15, -0.1) is 12.6 Å². The maximum Gasteiger partial charge on any atom is 0.339 e. The quantitative estimate of drug-likeness (QED) is 0.401. The number of carboxylic acid groups (broad SMARTS) is 1. The third kappa shape index (κ3) is 5.17. The molecular weight excluding hydrogens is 424 g/mol. The first kappa shape index (κ1) is 21.8. The maximum atomic E-state index is 12.7. The average Bonchev–Trinajstić information content (AvgIpc) is 2.94. The molecule has 0 aliphatic carbocycles. The molecule has 0 saturated carbocycles. The van der Waals surface area contributed by atoms with E-state index < -0.39 is 11.7 Å². The third-order valence-electron chi connectivity index (χ3n) is 4.44. The third-order valence-corrected chi connectivity index (χ3v) is 6.04. The van der Waals surface area contributed by atoms with Crippen LogP contribution in [0.4, 0.5) is 5.69 Å². The van der Waals surface area contributed by atoms with Crippen molar-refractivity contribution in [1.82, 2.24) is 4.90 Å². The topological polar surface area (TPSA) is 107 Å². The van der Waals surface area contributed by atoms with Gasteiger partial charge in [0.25, 0.3) is 5.91 Å². The number of aromatic hydroxyl groups is 1. The van der Waals surface area contributed by atoms with Gasteiger partial charge in [-0.05, 0) is 30.7 Å². The predicted octanol–water partition coefficient (Wildman–Crippen LogP) is 3.56. The van der Waals surface area contributed by atoms with Crippen LogP contribution < -0.4 is 5.32 Å². The number of carbonyl (C=O) groups excluding carboxylic acids is 2. The molecule has 30 heavy (non-hydrogen) atoms. The number of nitrogens with one attached hydrogen (secondary N) is 1. The molecule has 3 N–H and O–H groups in total. The Labute approximate surface area is 183 Å². The molecule has 156 valence electrons. The summed E-state index contributed by atoms with van der Waals surface area (Å²) in [6.45, 7) is 2.17. The molecule has 1 fully saturated rings. The normalized spacial score (nSPS) is 17.4. The number of nitrogens with zero attached hydrogens (tertiary/aromatic N) is 1. The lowest BCUT2D eigenvalue weighted by atomic mass is 10.1. The molecule has 1 aliphatic heterocycles. The summed E-state index contributed by atoms with van der Waals surface area (Å²) >= 11 is 5.77. The van der Waals surface area contributed by atoms with Gasteiger partial charge in [-0.1, -0.05) is 41.6 Å². The highest BCUT2D eigenvalue weighted by Gasteiger charge is 2.33. The monoisotopic (exact) mass is 444 g/mol. The van der Waals surface area contributed by atoms with Crippen molar-refractivity contribution in [3.63, 3.8) is 0 Å². The van der Waals surface area contributed by atoms with Crippen molar-refractivity contribution in [3.8, 4) is 5.75 Å². The fourth-order valence-corrected chi connectivity index (χ4v) is 4.37. The molecule has 2 aromatic rings. The van der Waals surface area contributed by atoms with Crippen LogP contribution in [0.2, 0.25) is 0 Å². The van der Waals surface area contributed by atoms with E-state index in [1.807, 2.05) is 37.3 Å². The number of rotatable bonds is 6. The minimum atomic E-state index is -1.26. The van der Waals surface area contributed by atoms with E-state index in [2.05, 4.69) is 17.9 Å². The first-order valence-corrected chi connectivity index (χ1v) is 10.4. The van der Waals surface area contributed by atoms with Gasteiger partial charge < -0.3 is 20.4 Å². The van der Waals surface area contributed by atoms with Gasteiger partial charge in [0.1, 0.15) is 16.0 Å². The number of anilines is 1. The molecule has 1 saturated heterocycles. The number of thiol groups is 1. The van der Waals surface area contributed by atoms with Crippen molar-refractivity contribution in [2.24, 2.45) is 0 Å². The van der Waals surface area contributed by atoms with E-state index in [9.17, 15) is 19.5 Å². The lowest BCUT2D eigenvalue weighted by Crippen LogP contribution is -2.32. The molecule has 0 radical (unpaired) electrons. The Morgan fingerprint density at radius 2 is 1.93 bits per heavy atom. The second-order valence-corrected chi connectivity index (χ2v) is 8.66. The Bertz CT molecular complexity index is 1020. The Hall–Kier alpha value is -2.91. The number of carboxylic acids is 1. The highest BCUT2D eigenvalue weighted by atomic mass is 32.2. The molecule has 1 unspecified atom stereocenters. The molecule has 2 aromatic carbocycles. The van der Waals surface area contributed by atoms with Gasteiger partial charge in [0, 0.05) is 24.7 Å². The van der Waals surface area contributed by atoms with E-state index >= 15 is 0 Å². The number of thioether (sulfide) groups is 1. The minimum Gasteiger partial charge on any atom is -0.507 e. The SMILES string of the molecule is Cc1ccc(/C=C2\SC(S)N(CCC(=O)Nc3ccc(C(=O)O)c(O)c3)C2=O)cc1. The van der Waals surface area contributed by atoms with Crippen molar-refractivity contribution in [2.45, 2.75) is 18.1 Å². The van der Waals surface area contributed by atoms with Gasteiger partial charge in [-0.3, -0.25) is 9.59 Å². The van der Waals surface area contributed by atoms with Crippen molar-refractivity contribution in [2.75, 3.05) is 11.9 Å².